The lowest BCUT2D eigenvalue weighted by Crippen LogP contribution is -2.39. The number of ether oxygens (including phenoxy) is 2. The average Bonchev–Trinajstić information content (AvgIpc) is 3.10. The number of Topliss-reactive ketones (excluding diaryl/α,β-unsaturated/α-hetero) is 1. The highest BCUT2D eigenvalue weighted by Crippen LogP contribution is 2.39. The summed E-state index contributed by atoms with van der Waals surface area (Å²) in [5, 5.41) is 11.0. The van der Waals surface area contributed by atoms with Gasteiger partial charge in [-0.25, -0.2) is 0 Å². The van der Waals surface area contributed by atoms with Crippen LogP contribution in [-0.2, 0) is 14.3 Å². The van der Waals surface area contributed by atoms with Gasteiger partial charge in [-0.15, -0.1) is 0 Å². The average molecular weight is 437 g/mol. The summed E-state index contributed by atoms with van der Waals surface area (Å²) < 4.78 is 10.6. The van der Waals surface area contributed by atoms with Gasteiger partial charge in [-0.05, 0) is 42.3 Å². The van der Waals surface area contributed by atoms with Crippen LogP contribution >= 0.6 is 0 Å². The van der Waals surface area contributed by atoms with Crippen molar-refractivity contribution in [1.29, 1.82) is 0 Å². The second kappa shape index (κ2) is 9.93. The second-order valence-electron chi connectivity index (χ2n) is 7.81. The first kappa shape index (κ1) is 22.0. The van der Waals surface area contributed by atoms with Crippen LogP contribution in [0.5, 0.6) is 5.75 Å². The van der Waals surface area contributed by atoms with Gasteiger partial charge in [0.05, 0.1) is 31.9 Å². The van der Waals surface area contributed by atoms with Crippen molar-refractivity contribution in [3.8, 4) is 5.75 Å². The van der Waals surface area contributed by atoms with Gasteiger partial charge in [-0.3, -0.25) is 19.5 Å². The molecule has 1 amide bonds. The molecule has 1 N–H and O–H groups in total. The normalized spacial score (nSPS) is 21.2. The number of aliphatic hydroxyl groups is 1. The molecule has 32 heavy (non-hydrogen) atoms. The van der Waals surface area contributed by atoms with Crippen LogP contribution in [0.25, 0.3) is 5.76 Å². The number of nitrogens with zero attached hydrogens (tertiary/aromatic N) is 3. The monoisotopic (exact) mass is 437 g/mol. The summed E-state index contributed by atoms with van der Waals surface area (Å²) in [6.45, 7) is 4.36. The van der Waals surface area contributed by atoms with Gasteiger partial charge in [0.1, 0.15) is 11.5 Å². The minimum Gasteiger partial charge on any atom is -0.507 e. The van der Waals surface area contributed by atoms with Crippen molar-refractivity contribution < 1.29 is 24.2 Å². The molecule has 0 saturated carbocycles. The number of pyridine rings is 1. The quantitative estimate of drug-likeness (QED) is 0.403. The van der Waals surface area contributed by atoms with E-state index in [2.05, 4.69) is 9.88 Å². The highest BCUT2D eigenvalue weighted by Gasteiger charge is 2.45. The van der Waals surface area contributed by atoms with Crippen molar-refractivity contribution >= 4 is 17.4 Å². The predicted octanol–water partition coefficient (Wildman–Crippen LogP) is 2.23. The van der Waals surface area contributed by atoms with Crippen molar-refractivity contribution in [2.45, 2.75) is 12.5 Å². The molecule has 0 bridgehead atoms. The molecule has 0 radical (unpaired) electrons. The van der Waals surface area contributed by atoms with Crippen molar-refractivity contribution in [1.82, 2.24) is 14.8 Å². The van der Waals surface area contributed by atoms with Crippen LogP contribution in [0.1, 0.15) is 23.6 Å². The minimum atomic E-state index is -0.685. The number of benzene rings is 1. The van der Waals surface area contributed by atoms with Gasteiger partial charge in [0.2, 0.25) is 0 Å². The molecule has 1 aromatic heterocycles. The Balaban J connectivity index is 1.64. The highest BCUT2D eigenvalue weighted by atomic mass is 16.5. The van der Waals surface area contributed by atoms with Gasteiger partial charge in [0.25, 0.3) is 11.7 Å². The lowest BCUT2D eigenvalue weighted by molar-refractivity contribution is -0.140. The summed E-state index contributed by atoms with van der Waals surface area (Å²) in [5.41, 5.74) is 1.22. The Kier molecular flexibility index (Phi) is 6.82. The molecule has 2 aliphatic rings. The van der Waals surface area contributed by atoms with E-state index in [1.54, 1.807) is 54.7 Å². The summed E-state index contributed by atoms with van der Waals surface area (Å²) in [7, 11) is 1.56. The Morgan fingerprint density at radius 1 is 1.16 bits per heavy atom. The minimum absolute atomic E-state index is 0.0829. The zero-order valence-corrected chi connectivity index (χ0v) is 18.1. The number of rotatable bonds is 7. The van der Waals surface area contributed by atoms with Crippen LogP contribution in [0.15, 0.2) is 54.4 Å². The van der Waals surface area contributed by atoms with Crippen LogP contribution < -0.4 is 4.74 Å². The number of aliphatic hydroxyl groups excluding tert-OH is 1. The van der Waals surface area contributed by atoms with Crippen molar-refractivity contribution in [3.63, 3.8) is 0 Å². The largest absolute Gasteiger partial charge is 0.507 e. The number of hydrogen-bond acceptors (Lipinski definition) is 7. The molecule has 8 heteroatoms. The molecule has 2 aromatic rings. The first-order valence-electron chi connectivity index (χ1n) is 10.7. The number of carbonyl (C=O) groups excluding carboxylic acids is 2. The summed E-state index contributed by atoms with van der Waals surface area (Å²) in [6, 6.07) is 9.63. The number of morpholine rings is 1. The van der Waals surface area contributed by atoms with E-state index in [0.29, 0.717) is 43.1 Å². The van der Waals surface area contributed by atoms with E-state index >= 15 is 0 Å². The molecule has 0 aliphatic carbocycles. The summed E-state index contributed by atoms with van der Waals surface area (Å²) in [5.74, 6) is -0.848. The van der Waals surface area contributed by atoms with Gasteiger partial charge in [0, 0.05) is 44.1 Å². The second-order valence-corrected chi connectivity index (χ2v) is 7.81. The molecule has 168 valence electrons. The number of carbonyl (C=O) groups is 2. The molecule has 3 heterocycles. The summed E-state index contributed by atoms with van der Waals surface area (Å²) in [6.07, 6.45) is 3.98. The highest BCUT2D eigenvalue weighted by molar-refractivity contribution is 6.46. The molecule has 1 atom stereocenters. The number of hydrogen-bond donors (Lipinski definition) is 1. The van der Waals surface area contributed by atoms with Gasteiger partial charge in [-0.1, -0.05) is 6.07 Å². The van der Waals surface area contributed by atoms with Crippen LogP contribution in [0.3, 0.4) is 0 Å². The van der Waals surface area contributed by atoms with Gasteiger partial charge >= 0.3 is 0 Å². The Morgan fingerprint density at radius 3 is 2.56 bits per heavy atom. The molecule has 0 spiro atoms. The third-order valence-electron chi connectivity index (χ3n) is 5.88. The SMILES string of the molecule is COc1ccc(C(O)=C2C(=O)C(=O)N(CCCN3CCOCC3)C2c2cccnc2)cc1. The van der Waals surface area contributed by atoms with E-state index in [4.69, 9.17) is 9.47 Å². The zero-order valence-electron chi connectivity index (χ0n) is 18.1. The number of aromatic nitrogens is 1. The molecular weight excluding hydrogens is 410 g/mol. The number of likely N-dealkylation sites (tertiary alicyclic amines) is 1. The maximum atomic E-state index is 13.0. The Bertz CT molecular complexity index is 984. The maximum absolute atomic E-state index is 13.0. The predicted molar refractivity (Wildman–Crippen MR) is 118 cm³/mol. The van der Waals surface area contributed by atoms with E-state index in [1.165, 1.54) is 0 Å². The fraction of sp³-hybridized carbons (Fsp3) is 0.375. The van der Waals surface area contributed by atoms with Crippen LogP contribution in [0.4, 0.5) is 0 Å². The van der Waals surface area contributed by atoms with Gasteiger partial charge < -0.3 is 19.5 Å². The Morgan fingerprint density at radius 2 is 1.91 bits per heavy atom. The third kappa shape index (κ3) is 4.51. The Hall–Kier alpha value is -3.23. The van der Waals surface area contributed by atoms with Gasteiger partial charge in [-0.2, -0.15) is 0 Å². The summed E-state index contributed by atoms with van der Waals surface area (Å²) >= 11 is 0. The van der Waals surface area contributed by atoms with Crippen LogP contribution in [0.2, 0.25) is 0 Å². The van der Waals surface area contributed by atoms with Crippen molar-refractivity contribution in [3.05, 3.63) is 65.5 Å². The molecule has 1 unspecified atom stereocenters. The maximum Gasteiger partial charge on any atom is 0.295 e. The van der Waals surface area contributed by atoms with E-state index in [9.17, 15) is 14.7 Å². The molecule has 1 aromatic carbocycles. The zero-order chi connectivity index (χ0) is 22.5. The molecule has 4 rings (SSSR count). The molecule has 2 aliphatic heterocycles. The molecule has 2 fully saturated rings. The summed E-state index contributed by atoms with van der Waals surface area (Å²) in [4.78, 5) is 34.0. The van der Waals surface area contributed by atoms with Crippen LogP contribution in [-0.4, -0.2) is 78.1 Å². The molecular formula is C24H27N3O5. The number of amides is 1. The van der Waals surface area contributed by atoms with Crippen LogP contribution in [0, 0.1) is 0 Å². The first-order chi connectivity index (χ1) is 15.6. The van der Waals surface area contributed by atoms with Crippen molar-refractivity contribution in [2.75, 3.05) is 46.5 Å². The van der Waals surface area contributed by atoms with E-state index in [0.717, 1.165) is 19.6 Å². The lowest BCUT2D eigenvalue weighted by Gasteiger charge is -2.29. The first-order valence-corrected chi connectivity index (χ1v) is 10.7. The van der Waals surface area contributed by atoms with E-state index in [-0.39, 0.29) is 11.3 Å². The number of methoxy groups -OCH3 is 1. The topological polar surface area (TPSA) is 92.2 Å². The third-order valence-corrected chi connectivity index (χ3v) is 5.88. The molecule has 2 saturated heterocycles. The Labute approximate surface area is 187 Å². The van der Waals surface area contributed by atoms with E-state index in [1.807, 2.05) is 6.07 Å². The van der Waals surface area contributed by atoms with Gasteiger partial charge in [0.15, 0.2) is 0 Å². The smallest absolute Gasteiger partial charge is 0.295 e. The molecule has 8 nitrogen and oxygen atoms in total. The fourth-order valence-electron chi connectivity index (χ4n) is 4.19. The van der Waals surface area contributed by atoms with Crippen molar-refractivity contribution in [2.24, 2.45) is 0 Å². The fourth-order valence-corrected chi connectivity index (χ4v) is 4.19. The van der Waals surface area contributed by atoms with E-state index < -0.39 is 17.7 Å². The lowest BCUT2D eigenvalue weighted by atomic mass is 9.96. The number of ketones is 1. The standard InChI is InChI=1S/C24H27N3O5/c1-31-19-7-5-17(6-8-19)22(28)20-21(18-4-2-9-25-16-18)27(24(30)23(20)29)11-3-10-26-12-14-32-15-13-26/h2,4-9,16,21,28H,3,10-15H2,1H3.